The number of anilines is 2. The van der Waals surface area contributed by atoms with Gasteiger partial charge in [0.25, 0.3) is 5.91 Å². The molecule has 2 N–H and O–H groups in total. The van der Waals surface area contributed by atoms with Gasteiger partial charge in [0.2, 0.25) is 0 Å². The summed E-state index contributed by atoms with van der Waals surface area (Å²) in [6.07, 6.45) is 2.74. The average Bonchev–Trinajstić information content (AvgIpc) is 2.82. The van der Waals surface area contributed by atoms with Crippen LogP contribution in [0.1, 0.15) is 28.7 Å². The van der Waals surface area contributed by atoms with E-state index in [0.717, 1.165) is 17.8 Å². The van der Waals surface area contributed by atoms with Crippen molar-refractivity contribution in [2.75, 3.05) is 17.2 Å². The molecule has 0 spiro atoms. The topological polar surface area (TPSA) is 66.9 Å². The Labute approximate surface area is 116 Å². The van der Waals surface area contributed by atoms with Gasteiger partial charge in [-0.2, -0.15) is 0 Å². The van der Waals surface area contributed by atoms with Crippen molar-refractivity contribution in [3.8, 4) is 0 Å². The zero-order chi connectivity index (χ0) is 13.7. The first-order valence-corrected chi connectivity index (χ1v) is 6.95. The maximum Gasteiger partial charge on any atom is 0.276 e. The standard InChI is InChI=1S/C13H16N4OS/c1-3-7-14-11-6-4-5-10(16-11)12(18)17-13-15-8-9(2)19-13/h4-6,8H,3,7H2,1-2H3,(H,14,16)(H,15,17,18). The molecule has 0 unspecified atom stereocenters. The van der Waals surface area contributed by atoms with Crippen molar-refractivity contribution in [1.82, 2.24) is 9.97 Å². The number of aryl methyl sites for hydroxylation is 1. The highest BCUT2D eigenvalue weighted by Gasteiger charge is 2.10. The van der Waals surface area contributed by atoms with Gasteiger partial charge in [0.1, 0.15) is 11.5 Å². The summed E-state index contributed by atoms with van der Waals surface area (Å²) in [6.45, 7) is 4.86. The van der Waals surface area contributed by atoms with Crippen LogP contribution in [0.5, 0.6) is 0 Å². The van der Waals surface area contributed by atoms with Crippen molar-refractivity contribution in [3.63, 3.8) is 0 Å². The molecule has 0 aliphatic rings. The summed E-state index contributed by atoms with van der Waals surface area (Å²) in [5, 5.41) is 6.49. The summed E-state index contributed by atoms with van der Waals surface area (Å²) >= 11 is 1.44. The SMILES string of the molecule is CCCNc1cccc(C(=O)Nc2ncc(C)s2)n1. The van der Waals surface area contributed by atoms with E-state index in [1.54, 1.807) is 12.3 Å². The normalized spacial score (nSPS) is 10.2. The number of rotatable bonds is 5. The molecular weight excluding hydrogens is 260 g/mol. The number of carbonyl (C=O) groups excluding carboxylic acids is 1. The molecule has 2 aromatic rings. The Morgan fingerprint density at radius 1 is 1.42 bits per heavy atom. The van der Waals surface area contributed by atoms with Crippen molar-refractivity contribution in [3.05, 3.63) is 35.0 Å². The van der Waals surface area contributed by atoms with E-state index in [1.165, 1.54) is 11.3 Å². The van der Waals surface area contributed by atoms with Crippen LogP contribution in [0.15, 0.2) is 24.4 Å². The van der Waals surface area contributed by atoms with Crippen LogP contribution in [0.3, 0.4) is 0 Å². The quantitative estimate of drug-likeness (QED) is 0.881. The van der Waals surface area contributed by atoms with E-state index in [1.807, 2.05) is 19.1 Å². The molecular formula is C13H16N4OS. The summed E-state index contributed by atoms with van der Waals surface area (Å²) in [7, 11) is 0. The maximum atomic E-state index is 12.0. The number of thiazole rings is 1. The third-order valence-electron chi connectivity index (χ3n) is 2.38. The van der Waals surface area contributed by atoms with Gasteiger partial charge in [-0.1, -0.05) is 13.0 Å². The fourth-order valence-electron chi connectivity index (χ4n) is 1.49. The van der Waals surface area contributed by atoms with Crippen molar-refractivity contribution >= 4 is 28.2 Å². The minimum absolute atomic E-state index is 0.241. The van der Waals surface area contributed by atoms with Crippen LogP contribution in [0, 0.1) is 6.92 Å². The van der Waals surface area contributed by atoms with Crippen molar-refractivity contribution in [1.29, 1.82) is 0 Å². The lowest BCUT2D eigenvalue weighted by Gasteiger charge is -2.05. The summed E-state index contributed by atoms with van der Waals surface area (Å²) in [4.78, 5) is 21.4. The van der Waals surface area contributed by atoms with E-state index in [4.69, 9.17) is 0 Å². The number of hydrogen-bond donors (Lipinski definition) is 2. The van der Waals surface area contributed by atoms with Crippen LogP contribution in [0.2, 0.25) is 0 Å². The summed E-state index contributed by atoms with van der Waals surface area (Å²) in [5.74, 6) is 0.472. The summed E-state index contributed by atoms with van der Waals surface area (Å²) < 4.78 is 0. The van der Waals surface area contributed by atoms with Crippen LogP contribution >= 0.6 is 11.3 Å². The Balaban J connectivity index is 2.06. The van der Waals surface area contributed by atoms with Gasteiger partial charge in [-0.3, -0.25) is 10.1 Å². The molecule has 0 aliphatic carbocycles. The Bertz CT molecular complexity index is 567. The van der Waals surface area contributed by atoms with Crippen LogP contribution in [0.4, 0.5) is 10.9 Å². The lowest BCUT2D eigenvalue weighted by molar-refractivity contribution is 0.102. The largest absolute Gasteiger partial charge is 0.370 e. The van der Waals surface area contributed by atoms with E-state index >= 15 is 0 Å². The Morgan fingerprint density at radius 2 is 2.26 bits per heavy atom. The Morgan fingerprint density at radius 3 is 2.95 bits per heavy atom. The molecule has 0 atom stereocenters. The first-order chi connectivity index (χ1) is 9.19. The highest BCUT2D eigenvalue weighted by molar-refractivity contribution is 7.15. The lowest BCUT2D eigenvalue weighted by Crippen LogP contribution is -2.14. The predicted octanol–water partition coefficient (Wildman–Crippen LogP) is 2.92. The number of pyridine rings is 1. The second kappa shape index (κ2) is 6.29. The van der Waals surface area contributed by atoms with Gasteiger partial charge in [0.05, 0.1) is 0 Å². The average molecular weight is 276 g/mol. The third-order valence-corrected chi connectivity index (χ3v) is 3.21. The summed E-state index contributed by atoms with van der Waals surface area (Å²) in [6, 6.07) is 5.35. The number of aromatic nitrogens is 2. The van der Waals surface area contributed by atoms with Crippen molar-refractivity contribution in [2.45, 2.75) is 20.3 Å². The number of hydrogen-bond acceptors (Lipinski definition) is 5. The first kappa shape index (κ1) is 13.5. The van der Waals surface area contributed by atoms with Crippen molar-refractivity contribution in [2.24, 2.45) is 0 Å². The minimum atomic E-state index is -0.241. The number of carbonyl (C=O) groups is 1. The molecule has 6 heteroatoms. The predicted molar refractivity (Wildman–Crippen MR) is 77.8 cm³/mol. The highest BCUT2D eigenvalue weighted by Crippen LogP contribution is 2.17. The van der Waals surface area contributed by atoms with Crippen LogP contribution < -0.4 is 10.6 Å². The van der Waals surface area contributed by atoms with E-state index in [0.29, 0.717) is 16.6 Å². The fraction of sp³-hybridized carbons (Fsp3) is 0.308. The molecule has 19 heavy (non-hydrogen) atoms. The zero-order valence-corrected chi connectivity index (χ0v) is 11.8. The Kier molecular flexibility index (Phi) is 4.46. The van der Waals surface area contributed by atoms with Gasteiger partial charge in [-0.05, 0) is 25.5 Å². The van der Waals surface area contributed by atoms with Crippen molar-refractivity contribution < 1.29 is 4.79 Å². The van der Waals surface area contributed by atoms with Gasteiger partial charge >= 0.3 is 0 Å². The van der Waals surface area contributed by atoms with Gasteiger partial charge in [-0.15, -0.1) is 11.3 Å². The molecule has 2 aromatic heterocycles. The second-order valence-electron chi connectivity index (χ2n) is 4.07. The third kappa shape index (κ3) is 3.75. The molecule has 0 saturated carbocycles. The molecule has 0 aliphatic heterocycles. The highest BCUT2D eigenvalue weighted by atomic mass is 32.1. The van der Waals surface area contributed by atoms with E-state index in [9.17, 15) is 4.79 Å². The minimum Gasteiger partial charge on any atom is -0.370 e. The number of amides is 1. The molecule has 0 fully saturated rings. The second-order valence-corrected chi connectivity index (χ2v) is 5.30. The van der Waals surface area contributed by atoms with Crippen LogP contribution in [0.25, 0.3) is 0 Å². The van der Waals surface area contributed by atoms with Gasteiger partial charge in [0.15, 0.2) is 5.13 Å². The van der Waals surface area contributed by atoms with Gasteiger partial charge in [0, 0.05) is 17.6 Å². The Hall–Kier alpha value is -1.95. The van der Waals surface area contributed by atoms with E-state index < -0.39 is 0 Å². The zero-order valence-electron chi connectivity index (χ0n) is 10.9. The molecule has 0 bridgehead atoms. The van der Waals surface area contributed by atoms with E-state index in [-0.39, 0.29) is 5.91 Å². The van der Waals surface area contributed by atoms with Crippen LogP contribution in [-0.2, 0) is 0 Å². The fourth-order valence-corrected chi connectivity index (χ4v) is 2.15. The number of nitrogens with zero attached hydrogens (tertiary/aromatic N) is 2. The molecule has 2 rings (SSSR count). The van der Waals surface area contributed by atoms with Gasteiger partial charge < -0.3 is 5.32 Å². The van der Waals surface area contributed by atoms with E-state index in [2.05, 4.69) is 27.5 Å². The lowest BCUT2D eigenvalue weighted by atomic mass is 10.3. The molecule has 0 aromatic carbocycles. The van der Waals surface area contributed by atoms with Crippen LogP contribution in [-0.4, -0.2) is 22.4 Å². The molecule has 1 amide bonds. The molecule has 100 valence electrons. The number of nitrogens with one attached hydrogen (secondary N) is 2. The molecule has 2 heterocycles. The van der Waals surface area contributed by atoms with Gasteiger partial charge in [-0.25, -0.2) is 9.97 Å². The monoisotopic (exact) mass is 276 g/mol. The molecule has 0 saturated heterocycles. The molecule has 0 radical (unpaired) electrons. The smallest absolute Gasteiger partial charge is 0.276 e. The maximum absolute atomic E-state index is 12.0. The summed E-state index contributed by atoms with van der Waals surface area (Å²) in [5.41, 5.74) is 0.383. The molecule has 5 nitrogen and oxygen atoms in total. The first-order valence-electron chi connectivity index (χ1n) is 6.13.